The van der Waals surface area contributed by atoms with Gasteiger partial charge in [-0.3, -0.25) is 0 Å². The minimum Gasteiger partial charge on any atom is -0.470 e. The van der Waals surface area contributed by atoms with Gasteiger partial charge in [-0.15, -0.1) is 0 Å². The van der Waals surface area contributed by atoms with Gasteiger partial charge in [0.2, 0.25) is 0 Å². The third-order valence-corrected chi connectivity index (χ3v) is 4.73. The zero-order valence-electron chi connectivity index (χ0n) is 10.3. The number of likely N-dealkylation sites (N-methyl/N-ethyl adjacent to an activating group) is 1. The predicted molar refractivity (Wildman–Crippen MR) is 71.9 cm³/mol. The van der Waals surface area contributed by atoms with Gasteiger partial charge >= 0.3 is 0 Å². The second kappa shape index (κ2) is 6.51. The number of hydrogen-bond donors (Lipinski definition) is 1. The number of sulfone groups is 1. The first-order chi connectivity index (χ1) is 7.89. The van der Waals surface area contributed by atoms with E-state index in [0.717, 1.165) is 13.0 Å². The van der Waals surface area contributed by atoms with Crippen LogP contribution in [0.1, 0.15) is 6.42 Å². The normalized spacial score (nSPS) is 22.6. The zero-order valence-corrected chi connectivity index (χ0v) is 11.9. The van der Waals surface area contributed by atoms with E-state index in [2.05, 4.69) is 5.32 Å². The van der Waals surface area contributed by atoms with Crippen LogP contribution >= 0.6 is 12.2 Å². The lowest BCUT2D eigenvalue weighted by Gasteiger charge is -2.14. The number of ether oxygens (including phenoxy) is 1. The van der Waals surface area contributed by atoms with Crippen LogP contribution in [-0.2, 0) is 14.6 Å². The molecule has 7 heteroatoms. The number of nitrogens with one attached hydrogen (secondary N) is 1. The van der Waals surface area contributed by atoms with Gasteiger partial charge in [-0.25, -0.2) is 8.42 Å². The summed E-state index contributed by atoms with van der Waals surface area (Å²) in [7, 11) is 1.12. The van der Waals surface area contributed by atoms with Gasteiger partial charge < -0.3 is 15.0 Å². The Balaban J connectivity index is 2.12. The van der Waals surface area contributed by atoms with Crippen LogP contribution in [0.15, 0.2) is 0 Å². The van der Waals surface area contributed by atoms with E-state index in [0.29, 0.717) is 24.1 Å². The lowest BCUT2D eigenvalue weighted by atomic mass is 10.1. The molecule has 17 heavy (non-hydrogen) atoms. The predicted octanol–water partition coefficient (Wildman–Crippen LogP) is -0.126. The van der Waals surface area contributed by atoms with Gasteiger partial charge in [0.05, 0.1) is 11.5 Å². The van der Waals surface area contributed by atoms with Gasteiger partial charge in [-0.05, 0) is 38.7 Å². The number of rotatable bonds is 5. The molecule has 1 N–H and O–H groups in total. The lowest BCUT2D eigenvalue weighted by Crippen LogP contribution is -2.31. The molecule has 5 nitrogen and oxygen atoms in total. The fraction of sp³-hybridized carbons (Fsp3) is 0.900. The first-order valence-corrected chi connectivity index (χ1v) is 7.88. The maximum absolute atomic E-state index is 11.2. The van der Waals surface area contributed by atoms with Gasteiger partial charge in [0.1, 0.15) is 6.61 Å². The molecule has 0 saturated carbocycles. The van der Waals surface area contributed by atoms with Crippen molar-refractivity contribution >= 4 is 27.2 Å². The maximum atomic E-state index is 11.2. The van der Waals surface area contributed by atoms with E-state index < -0.39 is 9.84 Å². The largest absolute Gasteiger partial charge is 0.470 e. The van der Waals surface area contributed by atoms with Crippen molar-refractivity contribution in [3.8, 4) is 0 Å². The van der Waals surface area contributed by atoms with Crippen LogP contribution in [-0.4, -0.2) is 63.8 Å². The van der Waals surface area contributed by atoms with Crippen LogP contribution in [0.2, 0.25) is 0 Å². The highest BCUT2D eigenvalue weighted by atomic mass is 32.2. The fourth-order valence-corrected chi connectivity index (χ4v) is 3.66. The minimum absolute atomic E-state index is 0.162. The molecule has 0 aromatic rings. The highest BCUT2D eigenvalue weighted by Crippen LogP contribution is 2.17. The van der Waals surface area contributed by atoms with Crippen LogP contribution in [0.3, 0.4) is 0 Å². The van der Waals surface area contributed by atoms with Gasteiger partial charge in [0.25, 0.3) is 5.17 Å². The summed E-state index contributed by atoms with van der Waals surface area (Å²) >= 11 is 5.00. The van der Waals surface area contributed by atoms with Crippen LogP contribution < -0.4 is 5.32 Å². The van der Waals surface area contributed by atoms with Crippen molar-refractivity contribution in [3.05, 3.63) is 0 Å². The van der Waals surface area contributed by atoms with Crippen molar-refractivity contribution in [2.45, 2.75) is 6.42 Å². The Morgan fingerprint density at radius 1 is 1.53 bits per heavy atom. The molecule has 0 unspecified atom stereocenters. The van der Waals surface area contributed by atoms with E-state index in [9.17, 15) is 8.42 Å². The molecular formula is C10H20N2O3S2. The van der Waals surface area contributed by atoms with E-state index in [1.807, 2.05) is 19.0 Å². The second-order valence-corrected chi connectivity index (χ2v) is 7.19. The SMILES string of the molecule is CN(C)CCOC(=S)NC[C@@H]1CCS(=O)(=O)C1. The van der Waals surface area contributed by atoms with Gasteiger partial charge in [0, 0.05) is 13.1 Å². The molecule has 0 aromatic heterocycles. The van der Waals surface area contributed by atoms with Crippen molar-refractivity contribution in [1.82, 2.24) is 10.2 Å². The summed E-state index contributed by atoms with van der Waals surface area (Å²) in [5.74, 6) is 0.726. The van der Waals surface area contributed by atoms with Crippen molar-refractivity contribution in [1.29, 1.82) is 0 Å². The first kappa shape index (κ1) is 14.7. The Morgan fingerprint density at radius 2 is 2.24 bits per heavy atom. The molecule has 1 aliphatic rings. The molecule has 0 aromatic carbocycles. The number of nitrogens with zero attached hydrogens (tertiary/aromatic N) is 1. The molecule has 0 radical (unpaired) electrons. The summed E-state index contributed by atoms with van der Waals surface area (Å²) in [4.78, 5) is 2.01. The summed E-state index contributed by atoms with van der Waals surface area (Å²) in [5.41, 5.74) is 0. The van der Waals surface area contributed by atoms with Crippen molar-refractivity contribution in [2.24, 2.45) is 5.92 Å². The second-order valence-electron chi connectivity index (χ2n) is 4.59. The monoisotopic (exact) mass is 280 g/mol. The highest BCUT2D eigenvalue weighted by molar-refractivity contribution is 7.91. The third kappa shape index (κ3) is 6.18. The van der Waals surface area contributed by atoms with Crippen LogP contribution in [0.5, 0.6) is 0 Å². The first-order valence-electron chi connectivity index (χ1n) is 5.65. The van der Waals surface area contributed by atoms with Crippen LogP contribution in [0.25, 0.3) is 0 Å². The Kier molecular flexibility index (Phi) is 5.61. The lowest BCUT2D eigenvalue weighted by molar-refractivity contribution is 0.247. The molecule has 1 heterocycles. The summed E-state index contributed by atoms with van der Waals surface area (Å²) in [6.45, 7) is 1.93. The van der Waals surface area contributed by atoms with Crippen LogP contribution in [0, 0.1) is 5.92 Å². The molecular weight excluding hydrogens is 260 g/mol. The molecule has 1 aliphatic heterocycles. The van der Waals surface area contributed by atoms with Crippen molar-refractivity contribution < 1.29 is 13.2 Å². The quantitative estimate of drug-likeness (QED) is 0.708. The highest BCUT2D eigenvalue weighted by Gasteiger charge is 2.27. The average molecular weight is 280 g/mol. The molecule has 0 aliphatic carbocycles. The Hall–Kier alpha value is -0.400. The molecule has 0 bridgehead atoms. The Morgan fingerprint density at radius 3 is 2.76 bits per heavy atom. The average Bonchev–Trinajstić information content (AvgIpc) is 2.55. The van der Waals surface area contributed by atoms with Gasteiger partial charge in [-0.2, -0.15) is 0 Å². The summed E-state index contributed by atoms with van der Waals surface area (Å²) in [6.07, 6.45) is 0.718. The van der Waals surface area contributed by atoms with Crippen LogP contribution in [0.4, 0.5) is 0 Å². The maximum Gasteiger partial charge on any atom is 0.256 e. The molecule has 0 spiro atoms. The Bertz CT molecular complexity index is 355. The van der Waals surface area contributed by atoms with E-state index >= 15 is 0 Å². The smallest absolute Gasteiger partial charge is 0.256 e. The topological polar surface area (TPSA) is 58.6 Å². The third-order valence-electron chi connectivity index (χ3n) is 2.63. The fourth-order valence-electron chi connectivity index (χ4n) is 1.63. The molecule has 1 saturated heterocycles. The number of hydrogen-bond acceptors (Lipinski definition) is 5. The molecule has 1 fully saturated rings. The molecule has 1 atom stereocenters. The van der Waals surface area contributed by atoms with E-state index in [1.165, 1.54) is 0 Å². The Labute approximate surface area is 108 Å². The number of thiocarbonyl (C=S) groups is 1. The summed E-state index contributed by atoms with van der Waals surface area (Å²) in [5, 5.41) is 3.32. The zero-order chi connectivity index (χ0) is 12.9. The van der Waals surface area contributed by atoms with E-state index in [1.54, 1.807) is 0 Å². The van der Waals surface area contributed by atoms with Crippen molar-refractivity contribution in [2.75, 3.05) is 45.3 Å². The van der Waals surface area contributed by atoms with Crippen molar-refractivity contribution in [3.63, 3.8) is 0 Å². The van der Waals surface area contributed by atoms with Gasteiger partial charge in [-0.1, -0.05) is 0 Å². The minimum atomic E-state index is -2.80. The van der Waals surface area contributed by atoms with Gasteiger partial charge in [0.15, 0.2) is 9.84 Å². The standard InChI is InChI=1S/C10H20N2O3S2/c1-12(2)4-5-15-10(16)11-7-9-3-6-17(13,14)8-9/h9H,3-8H2,1-2H3,(H,11,16)/t9-/m0/s1. The molecule has 100 valence electrons. The molecule has 0 amide bonds. The van der Waals surface area contributed by atoms with E-state index in [4.69, 9.17) is 17.0 Å². The van der Waals surface area contributed by atoms with E-state index in [-0.39, 0.29) is 11.7 Å². The summed E-state index contributed by atoms with van der Waals surface area (Å²) < 4.78 is 27.8. The summed E-state index contributed by atoms with van der Waals surface area (Å²) in [6, 6.07) is 0. The molecule has 1 rings (SSSR count).